The molecule has 0 aliphatic carbocycles. The first kappa shape index (κ1) is 13.6. The van der Waals surface area contributed by atoms with Crippen LogP contribution < -0.4 is 5.32 Å². The second kappa shape index (κ2) is 6.41. The number of halogens is 1. The van der Waals surface area contributed by atoms with Gasteiger partial charge in [-0.15, -0.1) is 0 Å². The molecule has 1 N–H and O–H groups in total. The maximum atomic E-state index is 10.6. The van der Waals surface area contributed by atoms with Gasteiger partial charge in [0.1, 0.15) is 0 Å². The van der Waals surface area contributed by atoms with E-state index in [0.29, 0.717) is 11.6 Å². The molecule has 0 spiro atoms. The highest BCUT2D eigenvalue weighted by atomic mass is 35.5. The Hall–Kier alpha value is -0.780. The molecule has 1 heterocycles. The van der Waals surface area contributed by atoms with Crippen LogP contribution in [0.15, 0.2) is 18.2 Å². The molecule has 1 aliphatic heterocycles. The number of hydrogen-bond acceptors (Lipinski definition) is 4. The number of benzene rings is 1. The molecule has 18 heavy (non-hydrogen) atoms. The summed E-state index contributed by atoms with van der Waals surface area (Å²) in [5, 5.41) is 14.4. The summed E-state index contributed by atoms with van der Waals surface area (Å²) < 4.78 is 0. The summed E-state index contributed by atoms with van der Waals surface area (Å²) in [5.74, 6) is 3.22. The maximum absolute atomic E-state index is 10.6. The third kappa shape index (κ3) is 3.60. The summed E-state index contributed by atoms with van der Waals surface area (Å²) in [6, 6.07) is 4.62. The van der Waals surface area contributed by atoms with Crippen LogP contribution in [-0.2, 0) is 6.54 Å². The van der Waals surface area contributed by atoms with Crippen LogP contribution >= 0.6 is 23.4 Å². The number of non-ortho nitro benzene ring substituents is 1. The minimum Gasteiger partial charge on any atom is -0.312 e. The Morgan fingerprint density at radius 1 is 1.56 bits per heavy atom. The van der Waals surface area contributed by atoms with Crippen LogP contribution in [0.1, 0.15) is 12.0 Å². The van der Waals surface area contributed by atoms with Crippen molar-refractivity contribution in [2.24, 2.45) is 5.92 Å². The molecule has 1 aromatic carbocycles. The lowest BCUT2D eigenvalue weighted by molar-refractivity contribution is -0.384. The van der Waals surface area contributed by atoms with Gasteiger partial charge in [-0.25, -0.2) is 0 Å². The van der Waals surface area contributed by atoms with Gasteiger partial charge in [-0.2, -0.15) is 11.8 Å². The molecule has 0 amide bonds. The van der Waals surface area contributed by atoms with Crippen molar-refractivity contribution in [1.29, 1.82) is 0 Å². The van der Waals surface area contributed by atoms with Crippen molar-refractivity contribution in [2.75, 3.05) is 18.1 Å². The molecule has 1 aromatic rings. The minimum atomic E-state index is -0.432. The van der Waals surface area contributed by atoms with Crippen LogP contribution in [0.4, 0.5) is 5.69 Å². The molecular formula is C12H15ClN2O2S. The minimum absolute atomic E-state index is 0.0379. The zero-order chi connectivity index (χ0) is 13.0. The van der Waals surface area contributed by atoms with E-state index in [1.165, 1.54) is 30.1 Å². The van der Waals surface area contributed by atoms with E-state index < -0.39 is 4.92 Å². The molecule has 1 aliphatic rings. The molecule has 0 bridgehead atoms. The summed E-state index contributed by atoms with van der Waals surface area (Å²) in [7, 11) is 0. The van der Waals surface area contributed by atoms with Crippen molar-refractivity contribution in [1.82, 2.24) is 5.32 Å². The van der Waals surface area contributed by atoms with Gasteiger partial charge >= 0.3 is 0 Å². The molecule has 1 unspecified atom stereocenters. The third-order valence-corrected chi connectivity index (χ3v) is 4.60. The topological polar surface area (TPSA) is 55.2 Å². The van der Waals surface area contributed by atoms with Gasteiger partial charge in [-0.3, -0.25) is 10.1 Å². The first-order valence-electron chi connectivity index (χ1n) is 5.88. The first-order chi connectivity index (χ1) is 8.66. The standard InChI is InChI=1S/C12H15ClN2O2S/c13-12-5-11(15(16)17)2-1-10(12)7-14-6-9-3-4-18-8-9/h1-2,5,9,14H,3-4,6-8H2. The second-order valence-corrected chi connectivity index (χ2v) is 5.95. The molecule has 4 nitrogen and oxygen atoms in total. The van der Waals surface area contributed by atoms with E-state index >= 15 is 0 Å². The quantitative estimate of drug-likeness (QED) is 0.667. The summed E-state index contributed by atoms with van der Waals surface area (Å²) >= 11 is 8.02. The summed E-state index contributed by atoms with van der Waals surface area (Å²) in [6.07, 6.45) is 1.27. The summed E-state index contributed by atoms with van der Waals surface area (Å²) in [5.41, 5.74) is 0.948. The van der Waals surface area contributed by atoms with Crippen molar-refractivity contribution >= 4 is 29.1 Å². The Balaban J connectivity index is 1.87. The normalized spacial score (nSPS) is 19.1. The number of nitrogens with one attached hydrogen (secondary N) is 1. The van der Waals surface area contributed by atoms with Gasteiger partial charge in [-0.1, -0.05) is 11.6 Å². The van der Waals surface area contributed by atoms with Gasteiger partial charge in [0.05, 0.1) is 9.95 Å². The molecule has 6 heteroatoms. The molecule has 2 rings (SSSR count). The molecule has 98 valence electrons. The number of nitrogens with zero attached hydrogens (tertiary/aromatic N) is 1. The Kier molecular flexibility index (Phi) is 4.86. The number of thioether (sulfide) groups is 1. The van der Waals surface area contributed by atoms with E-state index in [2.05, 4.69) is 5.32 Å². The van der Waals surface area contributed by atoms with Crippen LogP contribution in [-0.4, -0.2) is 23.0 Å². The SMILES string of the molecule is O=[N+]([O-])c1ccc(CNCC2CCSC2)c(Cl)c1. The number of rotatable bonds is 5. The molecule has 0 aromatic heterocycles. The monoisotopic (exact) mass is 286 g/mol. The average molecular weight is 287 g/mol. The first-order valence-corrected chi connectivity index (χ1v) is 7.41. The smallest absolute Gasteiger partial charge is 0.270 e. The Labute approximate surface area is 115 Å². The Bertz CT molecular complexity index is 436. The van der Waals surface area contributed by atoms with Crippen LogP contribution in [0.3, 0.4) is 0 Å². The van der Waals surface area contributed by atoms with E-state index in [4.69, 9.17) is 11.6 Å². The molecule has 1 saturated heterocycles. The fraction of sp³-hybridized carbons (Fsp3) is 0.500. The predicted octanol–water partition coefficient (Wildman–Crippen LogP) is 3.09. The number of nitro benzene ring substituents is 1. The zero-order valence-electron chi connectivity index (χ0n) is 9.89. The van der Waals surface area contributed by atoms with Crippen molar-refractivity contribution < 1.29 is 4.92 Å². The van der Waals surface area contributed by atoms with Gasteiger partial charge in [0.15, 0.2) is 0 Å². The summed E-state index contributed by atoms with van der Waals surface area (Å²) in [6.45, 7) is 1.65. The highest BCUT2D eigenvalue weighted by Crippen LogP contribution is 2.24. The van der Waals surface area contributed by atoms with Gasteiger partial charge in [-0.05, 0) is 42.0 Å². The van der Waals surface area contributed by atoms with Crippen molar-refractivity contribution in [3.8, 4) is 0 Å². The summed E-state index contributed by atoms with van der Waals surface area (Å²) in [4.78, 5) is 10.1. The predicted molar refractivity (Wildman–Crippen MR) is 75.2 cm³/mol. The molecule has 1 atom stereocenters. The van der Waals surface area contributed by atoms with Gasteiger partial charge < -0.3 is 5.32 Å². The van der Waals surface area contributed by atoms with Crippen LogP contribution in [0.25, 0.3) is 0 Å². The fourth-order valence-corrected chi connectivity index (χ4v) is 3.47. The second-order valence-electron chi connectivity index (χ2n) is 4.39. The van der Waals surface area contributed by atoms with Gasteiger partial charge in [0.25, 0.3) is 5.69 Å². The fourth-order valence-electron chi connectivity index (χ4n) is 1.95. The third-order valence-electron chi connectivity index (χ3n) is 3.02. The number of nitro groups is 1. The van der Waals surface area contributed by atoms with E-state index in [0.717, 1.165) is 18.0 Å². The molecule has 0 radical (unpaired) electrons. The van der Waals surface area contributed by atoms with Crippen molar-refractivity contribution in [3.63, 3.8) is 0 Å². The zero-order valence-corrected chi connectivity index (χ0v) is 11.5. The average Bonchev–Trinajstić information content (AvgIpc) is 2.84. The van der Waals surface area contributed by atoms with E-state index in [9.17, 15) is 10.1 Å². The lowest BCUT2D eigenvalue weighted by atomic mass is 10.1. The van der Waals surface area contributed by atoms with Gasteiger partial charge in [0, 0.05) is 18.7 Å². The lowest BCUT2D eigenvalue weighted by Crippen LogP contribution is -2.22. The maximum Gasteiger partial charge on any atom is 0.270 e. The van der Waals surface area contributed by atoms with Gasteiger partial charge in [0.2, 0.25) is 0 Å². The molecule has 0 saturated carbocycles. The van der Waals surface area contributed by atoms with Crippen LogP contribution in [0.2, 0.25) is 5.02 Å². The van der Waals surface area contributed by atoms with Crippen LogP contribution in [0.5, 0.6) is 0 Å². The largest absolute Gasteiger partial charge is 0.312 e. The molecule has 1 fully saturated rings. The van der Waals surface area contributed by atoms with E-state index in [1.54, 1.807) is 6.07 Å². The Morgan fingerprint density at radius 2 is 2.39 bits per heavy atom. The van der Waals surface area contributed by atoms with Crippen LogP contribution in [0, 0.1) is 16.0 Å². The highest BCUT2D eigenvalue weighted by Gasteiger charge is 2.15. The van der Waals surface area contributed by atoms with Crippen molar-refractivity contribution in [3.05, 3.63) is 38.9 Å². The molecular weight excluding hydrogens is 272 g/mol. The lowest BCUT2D eigenvalue weighted by Gasteiger charge is -2.10. The number of hydrogen-bond donors (Lipinski definition) is 1. The van der Waals surface area contributed by atoms with Crippen molar-refractivity contribution in [2.45, 2.75) is 13.0 Å². The Morgan fingerprint density at radius 3 is 3.00 bits per heavy atom. The highest BCUT2D eigenvalue weighted by molar-refractivity contribution is 7.99. The van der Waals surface area contributed by atoms with E-state index in [-0.39, 0.29) is 5.69 Å². The van der Waals surface area contributed by atoms with E-state index in [1.807, 2.05) is 11.8 Å².